The smallest absolute Gasteiger partial charge is 0.307 e. The van der Waals surface area contributed by atoms with Crippen LogP contribution in [0.25, 0.3) is 6.08 Å². The minimum atomic E-state index is -0.510. The van der Waals surface area contributed by atoms with Crippen LogP contribution in [-0.4, -0.2) is 49.9 Å². The molecule has 0 bridgehead atoms. The molecule has 0 saturated carbocycles. The number of carbonyl (C=O) groups is 1. The number of amides is 1. The van der Waals surface area contributed by atoms with E-state index >= 15 is 0 Å². The van der Waals surface area contributed by atoms with E-state index in [1.807, 2.05) is 0 Å². The molecule has 1 unspecified atom stereocenters. The molecule has 2 aromatic rings. The van der Waals surface area contributed by atoms with Crippen molar-refractivity contribution in [2.45, 2.75) is 25.5 Å². The van der Waals surface area contributed by atoms with Gasteiger partial charge in [-0.3, -0.25) is 24.5 Å². The number of hydrogen-bond donors (Lipinski definition) is 1. The molecule has 1 atom stereocenters. The number of rotatable bonds is 6. The van der Waals surface area contributed by atoms with E-state index in [0.717, 1.165) is 12.8 Å². The van der Waals surface area contributed by atoms with Gasteiger partial charge in [-0.25, -0.2) is 0 Å². The highest BCUT2D eigenvalue weighted by molar-refractivity contribution is 7.80. The lowest BCUT2D eigenvalue weighted by atomic mass is 10.2. The van der Waals surface area contributed by atoms with E-state index in [1.54, 1.807) is 18.2 Å². The standard InChI is InChI=1S/C17H17N5O5S/c23-16-15(19-17(28)21(16)10-13-2-1-5-26-13)6-12-3-4-14(27-12)9-20-8-11(7-18-20)22(24)25/h3-4,6-8,13H,1-2,5,9-10H2,(H,19,28)/b15-6+. The van der Waals surface area contributed by atoms with Gasteiger partial charge in [-0.2, -0.15) is 5.10 Å². The van der Waals surface area contributed by atoms with Crippen molar-refractivity contribution in [2.24, 2.45) is 0 Å². The maximum Gasteiger partial charge on any atom is 0.307 e. The first kappa shape index (κ1) is 18.3. The zero-order valence-corrected chi connectivity index (χ0v) is 15.6. The zero-order chi connectivity index (χ0) is 19.7. The van der Waals surface area contributed by atoms with E-state index in [-0.39, 0.29) is 24.2 Å². The van der Waals surface area contributed by atoms with Crippen LogP contribution in [0.1, 0.15) is 24.4 Å². The molecule has 0 spiro atoms. The SMILES string of the molecule is O=C1/C(=C\c2ccc(Cn3cc([N+](=O)[O-])cn3)o2)NC(=S)N1CC1CCCO1. The average Bonchev–Trinajstić information content (AvgIpc) is 3.43. The zero-order valence-electron chi connectivity index (χ0n) is 14.7. The lowest BCUT2D eigenvalue weighted by Gasteiger charge is -2.18. The van der Waals surface area contributed by atoms with Crippen LogP contribution in [0, 0.1) is 10.1 Å². The third-order valence-electron chi connectivity index (χ3n) is 4.49. The van der Waals surface area contributed by atoms with Gasteiger partial charge in [-0.05, 0) is 37.2 Å². The van der Waals surface area contributed by atoms with Crippen LogP contribution in [0.2, 0.25) is 0 Å². The second-order valence-electron chi connectivity index (χ2n) is 6.50. The number of aromatic nitrogens is 2. The van der Waals surface area contributed by atoms with Gasteiger partial charge in [0.15, 0.2) is 5.11 Å². The third kappa shape index (κ3) is 3.80. The second-order valence-corrected chi connectivity index (χ2v) is 6.88. The number of nitro groups is 1. The van der Waals surface area contributed by atoms with Crippen molar-refractivity contribution in [3.63, 3.8) is 0 Å². The Morgan fingerprint density at radius 1 is 1.46 bits per heavy atom. The van der Waals surface area contributed by atoms with E-state index in [4.69, 9.17) is 21.4 Å². The number of furan rings is 1. The van der Waals surface area contributed by atoms with Gasteiger partial charge in [0, 0.05) is 12.7 Å². The van der Waals surface area contributed by atoms with Crippen molar-refractivity contribution >= 4 is 35.0 Å². The van der Waals surface area contributed by atoms with Gasteiger partial charge in [-0.1, -0.05) is 0 Å². The molecular formula is C17H17N5O5S. The molecule has 0 aliphatic carbocycles. The molecule has 4 rings (SSSR count). The molecule has 0 radical (unpaired) electrons. The average molecular weight is 403 g/mol. The summed E-state index contributed by atoms with van der Waals surface area (Å²) in [5.41, 5.74) is 0.244. The molecular weight excluding hydrogens is 386 g/mol. The molecule has 4 heterocycles. The molecule has 10 nitrogen and oxygen atoms in total. The van der Waals surface area contributed by atoms with E-state index in [2.05, 4.69) is 10.4 Å². The van der Waals surface area contributed by atoms with Gasteiger partial charge in [0.2, 0.25) is 0 Å². The minimum absolute atomic E-state index is 0.0105. The van der Waals surface area contributed by atoms with Crippen LogP contribution in [0.5, 0.6) is 0 Å². The number of hydrogen-bond acceptors (Lipinski definition) is 7. The van der Waals surface area contributed by atoms with Crippen LogP contribution < -0.4 is 5.32 Å². The van der Waals surface area contributed by atoms with Gasteiger partial charge in [0.1, 0.15) is 29.6 Å². The largest absolute Gasteiger partial charge is 0.460 e. The summed E-state index contributed by atoms with van der Waals surface area (Å²) < 4.78 is 12.7. The van der Waals surface area contributed by atoms with Gasteiger partial charge in [-0.15, -0.1) is 0 Å². The maximum absolute atomic E-state index is 12.6. The lowest BCUT2D eigenvalue weighted by molar-refractivity contribution is -0.385. The topological polar surface area (TPSA) is 116 Å². The summed E-state index contributed by atoms with van der Waals surface area (Å²) in [7, 11) is 0. The molecule has 11 heteroatoms. The predicted molar refractivity (Wildman–Crippen MR) is 101 cm³/mol. The number of nitrogens with zero attached hydrogens (tertiary/aromatic N) is 4. The van der Waals surface area contributed by atoms with Gasteiger partial charge in [0.05, 0.1) is 24.1 Å². The molecule has 1 amide bonds. The van der Waals surface area contributed by atoms with Crippen LogP contribution in [0.3, 0.4) is 0 Å². The summed E-state index contributed by atoms with van der Waals surface area (Å²) in [5, 5.41) is 17.9. The fourth-order valence-electron chi connectivity index (χ4n) is 3.12. The van der Waals surface area contributed by atoms with Crippen LogP contribution >= 0.6 is 12.2 Å². The molecule has 2 aliphatic rings. The van der Waals surface area contributed by atoms with E-state index in [9.17, 15) is 14.9 Å². The molecule has 2 fully saturated rings. The molecule has 0 aromatic carbocycles. The summed E-state index contributed by atoms with van der Waals surface area (Å²) in [6, 6.07) is 3.43. The molecule has 1 N–H and O–H groups in total. The summed E-state index contributed by atoms with van der Waals surface area (Å²) in [4.78, 5) is 24.3. The fraction of sp³-hybridized carbons (Fsp3) is 0.353. The van der Waals surface area contributed by atoms with Crippen LogP contribution in [-0.2, 0) is 16.1 Å². The lowest BCUT2D eigenvalue weighted by Crippen LogP contribution is -2.37. The number of thiocarbonyl (C=S) groups is 1. The number of carbonyl (C=O) groups excluding carboxylic acids is 1. The molecule has 28 heavy (non-hydrogen) atoms. The van der Waals surface area contributed by atoms with Crippen molar-refractivity contribution in [3.8, 4) is 0 Å². The first-order valence-corrected chi connectivity index (χ1v) is 9.12. The summed E-state index contributed by atoms with van der Waals surface area (Å²) in [5.74, 6) is 0.796. The van der Waals surface area contributed by atoms with Crippen molar-refractivity contribution in [1.82, 2.24) is 20.0 Å². The normalized spacial score (nSPS) is 20.9. The minimum Gasteiger partial charge on any atom is -0.460 e. The molecule has 2 saturated heterocycles. The number of nitrogens with one attached hydrogen (secondary N) is 1. The summed E-state index contributed by atoms with van der Waals surface area (Å²) >= 11 is 5.26. The Bertz CT molecular complexity index is 959. The van der Waals surface area contributed by atoms with Crippen LogP contribution in [0.4, 0.5) is 5.69 Å². The second kappa shape index (κ2) is 7.52. The molecule has 2 aromatic heterocycles. The van der Waals surface area contributed by atoms with E-state index < -0.39 is 4.92 Å². The van der Waals surface area contributed by atoms with Crippen molar-refractivity contribution in [3.05, 3.63) is 51.9 Å². The Labute approximate surface area is 164 Å². The fourth-order valence-corrected chi connectivity index (χ4v) is 3.39. The van der Waals surface area contributed by atoms with E-state index in [1.165, 1.54) is 22.0 Å². The van der Waals surface area contributed by atoms with Crippen molar-refractivity contribution in [2.75, 3.05) is 13.2 Å². The highest BCUT2D eigenvalue weighted by atomic mass is 32.1. The molecule has 146 valence electrons. The van der Waals surface area contributed by atoms with Gasteiger partial charge in [0.25, 0.3) is 5.91 Å². The van der Waals surface area contributed by atoms with Crippen molar-refractivity contribution < 1.29 is 18.9 Å². The molecule has 2 aliphatic heterocycles. The highest BCUT2D eigenvalue weighted by Gasteiger charge is 2.33. The Balaban J connectivity index is 1.43. The third-order valence-corrected chi connectivity index (χ3v) is 4.81. The maximum atomic E-state index is 12.6. The quantitative estimate of drug-likeness (QED) is 0.335. The monoisotopic (exact) mass is 403 g/mol. The Morgan fingerprint density at radius 2 is 2.32 bits per heavy atom. The Morgan fingerprint density at radius 3 is 3.04 bits per heavy atom. The van der Waals surface area contributed by atoms with E-state index in [0.29, 0.717) is 35.5 Å². The highest BCUT2D eigenvalue weighted by Crippen LogP contribution is 2.20. The van der Waals surface area contributed by atoms with Gasteiger partial charge >= 0.3 is 5.69 Å². The first-order chi connectivity index (χ1) is 13.5. The van der Waals surface area contributed by atoms with Crippen molar-refractivity contribution in [1.29, 1.82) is 0 Å². The predicted octanol–water partition coefficient (Wildman–Crippen LogP) is 1.67. The Hall–Kier alpha value is -3.05. The van der Waals surface area contributed by atoms with Gasteiger partial charge < -0.3 is 14.5 Å². The first-order valence-electron chi connectivity index (χ1n) is 8.71. The number of ether oxygens (including phenoxy) is 1. The van der Waals surface area contributed by atoms with Crippen LogP contribution in [0.15, 0.2) is 34.6 Å². The summed E-state index contributed by atoms with van der Waals surface area (Å²) in [6.45, 7) is 1.38. The summed E-state index contributed by atoms with van der Waals surface area (Å²) in [6.07, 6.45) is 6.00. The Kier molecular flexibility index (Phi) is 4.92.